The molecule has 0 atom stereocenters. The van der Waals surface area contributed by atoms with Gasteiger partial charge in [-0.05, 0) is 23.3 Å². The number of benzene rings is 2. The highest BCUT2D eigenvalue weighted by Crippen LogP contribution is 2.35. The van der Waals surface area contributed by atoms with E-state index in [4.69, 9.17) is 5.53 Å². The summed E-state index contributed by atoms with van der Waals surface area (Å²) >= 11 is 0. The van der Waals surface area contributed by atoms with E-state index < -0.39 is 0 Å². The molecule has 0 heterocycles. The van der Waals surface area contributed by atoms with Crippen LogP contribution in [0.3, 0.4) is 0 Å². The van der Waals surface area contributed by atoms with Gasteiger partial charge in [-0.3, -0.25) is 0 Å². The van der Waals surface area contributed by atoms with Gasteiger partial charge in [-0.2, -0.15) is 4.79 Å². The summed E-state index contributed by atoms with van der Waals surface area (Å²) in [5.41, 5.74) is 14.0. The molecule has 21 heavy (non-hydrogen) atoms. The molecule has 2 aromatic carbocycles. The van der Waals surface area contributed by atoms with Crippen molar-refractivity contribution in [3.8, 4) is 11.1 Å². The number of fused-ring (bicyclic) bond motifs is 3. The fraction of sp³-hybridized carbons (Fsp3) is 0.211. The maximum Gasteiger partial charge on any atom is 0.330 e. The molecule has 2 heteroatoms. The van der Waals surface area contributed by atoms with Crippen LogP contribution in [0.5, 0.6) is 0 Å². The summed E-state index contributed by atoms with van der Waals surface area (Å²) in [4.78, 5) is 3.39. The van der Waals surface area contributed by atoms with E-state index in [0.29, 0.717) is 5.71 Å². The second-order valence-corrected chi connectivity index (χ2v) is 3.54. The molecule has 3 rings (SSSR count). The molecule has 0 radical (unpaired) electrons. The fourth-order valence-electron chi connectivity index (χ4n) is 2.10. The van der Waals surface area contributed by atoms with Crippen LogP contribution in [0.2, 0.25) is 0 Å². The van der Waals surface area contributed by atoms with Gasteiger partial charge in [0.25, 0.3) is 0 Å². The highest BCUT2D eigenvalue weighted by molar-refractivity contribution is 6.21. The Kier molecular flexibility index (Phi) is 9.16. The Morgan fingerprint density at radius 2 is 0.952 bits per heavy atom. The Balaban J connectivity index is 0.000000598. The van der Waals surface area contributed by atoms with Crippen LogP contribution in [0.4, 0.5) is 0 Å². The minimum absolute atomic E-state index is 0.668. The molecule has 0 aromatic heterocycles. The number of hydrogen-bond acceptors (Lipinski definition) is 0. The zero-order valence-corrected chi connectivity index (χ0v) is 13.4. The first kappa shape index (κ1) is 18.6. The topological polar surface area (TPSA) is 36.4 Å². The fourth-order valence-corrected chi connectivity index (χ4v) is 2.10. The Bertz CT molecular complexity index is 561. The van der Waals surface area contributed by atoms with Gasteiger partial charge in [0.05, 0.1) is 11.1 Å². The molecule has 110 valence electrons. The highest BCUT2D eigenvalue weighted by atomic mass is 14.9. The highest BCUT2D eigenvalue weighted by Gasteiger charge is 2.29. The summed E-state index contributed by atoms with van der Waals surface area (Å²) in [6, 6.07) is 15.9. The van der Waals surface area contributed by atoms with Crippen molar-refractivity contribution < 1.29 is 4.79 Å². The monoisotopic (exact) mass is 280 g/mol. The predicted molar refractivity (Wildman–Crippen MR) is 92.7 cm³/mol. The van der Waals surface area contributed by atoms with Gasteiger partial charge in [-0.1, -0.05) is 64.1 Å². The lowest BCUT2D eigenvalue weighted by Gasteiger charge is -1.95. The van der Waals surface area contributed by atoms with E-state index in [1.54, 1.807) is 0 Å². The lowest BCUT2D eigenvalue weighted by Crippen LogP contribution is -1.98. The number of hydrogen-bond donors (Lipinski definition) is 0. The zero-order valence-electron chi connectivity index (χ0n) is 13.4. The van der Waals surface area contributed by atoms with Crippen LogP contribution in [-0.2, 0) is 0 Å². The van der Waals surface area contributed by atoms with E-state index in [-0.39, 0.29) is 0 Å². The molecule has 0 fully saturated rings. The van der Waals surface area contributed by atoms with Crippen molar-refractivity contribution in [1.29, 1.82) is 0 Å². The minimum Gasteiger partial charge on any atom is -0.361 e. The average Bonchev–Trinajstić information content (AvgIpc) is 2.94. The molecule has 2 aromatic rings. The van der Waals surface area contributed by atoms with Crippen LogP contribution in [0.1, 0.15) is 38.8 Å². The normalized spacial score (nSPS) is 9.24. The van der Waals surface area contributed by atoms with Crippen molar-refractivity contribution >= 4 is 5.71 Å². The second kappa shape index (κ2) is 10.4. The molecule has 1 aliphatic rings. The molecule has 0 saturated carbocycles. The molecule has 0 aliphatic heterocycles. The quantitative estimate of drug-likeness (QED) is 0.292. The van der Waals surface area contributed by atoms with E-state index in [9.17, 15) is 0 Å². The SMILES string of the molecule is C=C.CC.CC.[N-]=[N+]=C1c2ccccc2-c2ccccc21. The number of nitrogens with zero attached hydrogens (tertiary/aromatic N) is 2. The van der Waals surface area contributed by atoms with Crippen molar-refractivity contribution in [1.82, 2.24) is 0 Å². The molecule has 0 unspecified atom stereocenters. The van der Waals surface area contributed by atoms with Gasteiger partial charge in [0, 0.05) is 0 Å². The third-order valence-corrected chi connectivity index (χ3v) is 2.75. The average molecular weight is 280 g/mol. The molecule has 0 amide bonds. The predicted octanol–water partition coefficient (Wildman–Crippen LogP) is 5.59. The van der Waals surface area contributed by atoms with Crippen LogP contribution in [0.25, 0.3) is 16.7 Å². The van der Waals surface area contributed by atoms with Crippen LogP contribution >= 0.6 is 0 Å². The van der Waals surface area contributed by atoms with Crippen molar-refractivity contribution in [3.63, 3.8) is 0 Å². The molecule has 0 saturated heterocycles. The largest absolute Gasteiger partial charge is 0.361 e. The maximum absolute atomic E-state index is 9.05. The minimum atomic E-state index is 0.668. The zero-order chi connectivity index (χ0) is 16.3. The van der Waals surface area contributed by atoms with Crippen molar-refractivity contribution in [2.75, 3.05) is 0 Å². The van der Waals surface area contributed by atoms with Crippen LogP contribution < -0.4 is 0 Å². The summed E-state index contributed by atoms with van der Waals surface area (Å²) in [5.74, 6) is 0. The second-order valence-electron chi connectivity index (χ2n) is 3.54. The lowest BCUT2D eigenvalue weighted by atomic mass is 10.1. The van der Waals surface area contributed by atoms with Crippen LogP contribution in [0, 0.1) is 0 Å². The Morgan fingerprint density at radius 3 is 1.24 bits per heavy atom. The van der Waals surface area contributed by atoms with Gasteiger partial charge in [0.2, 0.25) is 0 Å². The first-order valence-corrected chi connectivity index (χ1v) is 7.33. The van der Waals surface area contributed by atoms with Gasteiger partial charge >= 0.3 is 5.71 Å². The van der Waals surface area contributed by atoms with Gasteiger partial charge in [-0.15, -0.1) is 13.2 Å². The van der Waals surface area contributed by atoms with Gasteiger partial charge in [0.15, 0.2) is 0 Å². The Labute approximate surface area is 128 Å². The van der Waals surface area contributed by atoms with Crippen LogP contribution in [0.15, 0.2) is 61.7 Å². The molecule has 1 aliphatic carbocycles. The smallest absolute Gasteiger partial charge is 0.330 e. The van der Waals surface area contributed by atoms with Crippen molar-refractivity contribution in [3.05, 3.63) is 78.3 Å². The van der Waals surface area contributed by atoms with Gasteiger partial charge < -0.3 is 5.53 Å². The standard InChI is InChI=1S/C13H8N2.2C2H6.C2H4/c14-15-13-11-7-3-1-5-9(11)10-6-2-4-8-12(10)13;3*1-2/h1-8H;2*1-2H3;1-2H2. The molecule has 0 N–H and O–H groups in total. The van der Waals surface area contributed by atoms with E-state index in [1.165, 1.54) is 0 Å². The lowest BCUT2D eigenvalue weighted by molar-refractivity contribution is -0.00243. The summed E-state index contributed by atoms with van der Waals surface area (Å²) in [7, 11) is 0. The first-order valence-electron chi connectivity index (χ1n) is 7.33. The van der Waals surface area contributed by atoms with Crippen LogP contribution in [-0.4, -0.2) is 10.5 Å². The Morgan fingerprint density at radius 1 is 0.667 bits per heavy atom. The van der Waals surface area contributed by atoms with Gasteiger partial charge in [-0.25, -0.2) is 0 Å². The molecular weight excluding hydrogens is 256 g/mol. The van der Waals surface area contributed by atoms with Crippen molar-refractivity contribution in [2.45, 2.75) is 27.7 Å². The summed E-state index contributed by atoms with van der Waals surface area (Å²) < 4.78 is 0. The molecule has 0 bridgehead atoms. The third-order valence-electron chi connectivity index (χ3n) is 2.75. The molecule has 2 nitrogen and oxygen atoms in total. The first-order chi connectivity index (χ1) is 10.4. The third kappa shape index (κ3) is 3.77. The van der Waals surface area contributed by atoms with E-state index in [2.05, 4.69) is 17.9 Å². The van der Waals surface area contributed by atoms with E-state index >= 15 is 0 Å². The summed E-state index contributed by atoms with van der Waals surface area (Å²) in [6.07, 6.45) is 0. The maximum atomic E-state index is 9.05. The van der Waals surface area contributed by atoms with E-state index in [1.807, 2.05) is 76.2 Å². The van der Waals surface area contributed by atoms with E-state index in [0.717, 1.165) is 22.3 Å². The number of rotatable bonds is 0. The summed E-state index contributed by atoms with van der Waals surface area (Å²) in [6.45, 7) is 14.0. The van der Waals surface area contributed by atoms with Crippen molar-refractivity contribution in [2.24, 2.45) is 0 Å². The molecular formula is C19H24N2. The van der Waals surface area contributed by atoms with Gasteiger partial charge in [0.1, 0.15) is 0 Å². The summed E-state index contributed by atoms with van der Waals surface area (Å²) in [5, 5.41) is 0. The molecule has 0 spiro atoms. The Hall–Kier alpha value is -2.44.